The molecule has 0 aliphatic rings. The second-order valence-electron chi connectivity index (χ2n) is 16.7. The predicted octanol–water partition coefficient (Wildman–Crippen LogP) is 10.1. The van der Waals surface area contributed by atoms with Crippen LogP contribution in [0.1, 0.15) is 0 Å². The Bertz CT molecular complexity index is 2650. The molecule has 298 valence electrons. The van der Waals surface area contributed by atoms with Gasteiger partial charge in [0.25, 0.3) is 0 Å². The van der Waals surface area contributed by atoms with Gasteiger partial charge in [0.15, 0.2) is 0 Å². The van der Waals surface area contributed by atoms with Gasteiger partial charge in [0.2, 0.25) is 30.0 Å². The van der Waals surface area contributed by atoms with Crippen molar-refractivity contribution >= 4 is 81.1 Å². The number of benzene rings is 4. The zero-order valence-electron chi connectivity index (χ0n) is 33.0. The van der Waals surface area contributed by atoms with Gasteiger partial charge in [0, 0.05) is 63.0 Å². The molecule has 0 saturated heterocycles. The maximum atomic E-state index is 13.3. The highest BCUT2D eigenvalue weighted by Gasteiger charge is 2.27. The number of nitrogens with zero attached hydrogens (tertiary/aromatic N) is 4. The highest BCUT2D eigenvalue weighted by Crippen LogP contribution is 2.43. The van der Waals surface area contributed by atoms with Crippen LogP contribution in [0.4, 0.5) is 0 Å². The molecule has 4 aromatic carbocycles. The number of fused-ring (bicyclic) bond motifs is 2. The monoisotopic (exact) mass is 870 g/mol. The van der Waals surface area contributed by atoms with Crippen LogP contribution in [0, 0.1) is 0 Å². The summed E-state index contributed by atoms with van der Waals surface area (Å²) in [6, 6.07) is 24.5. The van der Waals surface area contributed by atoms with Crippen LogP contribution < -0.4 is 0 Å². The molecule has 16 heteroatoms. The lowest BCUT2D eigenvalue weighted by atomic mass is 9.90. The highest BCUT2D eigenvalue weighted by atomic mass is 35.5. The first-order valence-electron chi connectivity index (χ1n) is 18.3. The lowest BCUT2D eigenvalue weighted by Crippen LogP contribution is -2.22. The Labute approximate surface area is 341 Å². The molecule has 0 bridgehead atoms. The molecule has 0 atom stereocenters. The number of aromatic nitrogens is 4. The van der Waals surface area contributed by atoms with E-state index in [1.54, 1.807) is 33.4 Å². The lowest BCUT2D eigenvalue weighted by molar-refractivity contribution is 0.0838. The van der Waals surface area contributed by atoms with Gasteiger partial charge in [-0.3, -0.25) is 9.13 Å². The van der Waals surface area contributed by atoms with E-state index in [2.05, 4.69) is 39.3 Å². The molecule has 0 aliphatic heterocycles. The molecule has 2 aromatic heterocycles. The Kier molecular flexibility index (Phi) is 12.2. The second-order valence-corrected chi connectivity index (χ2v) is 32.6. The Balaban J connectivity index is 1.61. The SMILES string of the molecule is C[Si](C)(C)CCOCn1c(S(C)(=O)=O)nc2c(-c3ccc(-c4ccccc4)cc3-c3cc(Cl)cc4c3nc(S(C)(=O)=O)n4COCC[Si](C)(C)C)cc(Cl)cc21. The zero-order chi connectivity index (χ0) is 40.8. The van der Waals surface area contributed by atoms with Crippen molar-refractivity contribution < 1.29 is 26.3 Å². The van der Waals surface area contributed by atoms with Gasteiger partial charge in [-0.2, -0.15) is 0 Å². The summed E-state index contributed by atoms with van der Waals surface area (Å²) >= 11 is 13.7. The van der Waals surface area contributed by atoms with E-state index in [4.69, 9.17) is 42.6 Å². The van der Waals surface area contributed by atoms with Crippen LogP contribution in [0.2, 0.25) is 61.4 Å². The Morgan fingerprint density at radius 1 is 0.571 bits per heavy atom. The van der Waals surface area contributed by atoms with Crippen LogP contribution in [-0.4, -0.2) is 77.8 Å². The molecule has 6 aromatic rings. The van der Waals surface area contributed by atoms with Crippen LogP contribution in [0.25, 0.3) is 55.4 Å². The first-order chi connectivity index (χ1) is 26.1. The van der Waals surface area contributed by atoms with Crippen LogP contribution >= 0.6 is 23.2 Å². The summed E-state index contributed by atoms with van der Waals surface area (Å²) in [4.78, 5) is 9.50. The van der Waals surface area contributed by atoms with Gasteiger partial charge in [-0.1, -0.05) is 105 Å². The molecule has 0 spiro atoms. The van der Waals surface area contributed by atoms with Gasteiger partial charge in [0.1, 0.15) is 13.5 Å². The number of rotatable bonds is 15. The summed E-state index contributed by atoms with van der Waals surface area (Å²) in [7, 11) is -10.4. The van der Waals surface area contributed by atoms with E-state index in [0.29, 0.717) is 67.6 Å². The number of ether oxygens (including phenoxy) is 2. The van der Waals surface area contributed by atoms with E-state index in [1.807, 2.05) is 48.5 Å². The minimum absolute atomic E-state index is 0.0242. The fourth-order valence-corrected chi connectivity index (χ4v) is 10.00. The quantitative estimate of drug-likeness (QED) is 0.0739. The molecule has 0 aliphatic carbocycles. The van der Waals surface area contributed by atoms with E-state index >= 15 is 0 Å². The predicted molar refractivity (Wildman–Crippen MR) is 234 cm³/mol. The lowest BCUT2D eigenvalue weighted by Gasteiger charge is -2.17. The molecule has 0 saturated carbocycles. The minimum atomic E-state index is -3.81. The van der Waals surface area contributed by atoms with Crippen molar-refractivity contribution in [3.8, 4) is 33.4 Å². The molecule has 0 N–H and O–H groups in total. The van der Waals surface area contributed by atoms with Crippen LogP contribution in [-0.2, 0) is 42.6 Å². The summed E-state index contributed by atoms with van der Waals surface area (Å²) in [6.45, 7) is 14.4. The normalized spacial score (nSPS) is 13.0. The van der Waals surface area contributed by atoms with Crippen LogP contribution in [0.5, 0.6) is 0 Å². The average molecular weight is 872 g/mol. The summed E-state index contributed by atoms with van der Waals surface area (Å²) in [5.41, 5.74) is 6.09. The highest BCUT2D eigenvalue weighted by molar-refractivity contribution is 7.90. The Morgan fingerprint density at radius 2 is 1.02 bits per heavy atom. The number of halogens is 2. The third-order valence-corrected chi connectivity index (χ3v) is 15.2. The van der Waals surface area contributed by atoms with E-state index in [0.717, 1.165) is 35.7 Å². The maximum Gasteiger partial charge on any atom is 0.230 e. The summed E-state index contributed by atoms with van der Waals surface area (Å²) in [6.07, 6.45) is 2.25. The van der Waals surface area contributed by atoms with Gasteiger partial charge in [0.05, 0.1) is 22.1 Å². The minimum Gasteiger partial charge on any atom is -0.361 e. The average Bonchev–Trinajstić information content (AvgIpc) is 3.66. The maximum absolute atomic E-state index is 13.3. The van der Waals surface area contributed by atoms with Crippen LogP contribution in [0.3, 0.4) is 0 Å². The number of hydrogen-bond acceptors (Lipinski definition) is 8. The fourth-order valence-electron chi connectivity index (χ4n) is 6.44. The summed E-state index contributed by atoms with van der Waals surface area (Å²) in [5.74, 6) is 0. The molecule has 0 fully saturated rings. The van der Waals surface area contributed by atoms with Gasteiger partial charge in [-0.15, -0.1) is 0 Å². The Morgan fingerprint density at radius 3 is 1.45 bits per heavy atom. The second kappa shape index (κ2) is 16.1. The molecular formula is C40H48Cl2N4O6S2Si2. The number of imidazole rings is 2. The molecule has 0 unspecified atom stereocenters. The zero-order valence-corrected chi connectivity index (χ0v) is 38.1. The van der Waals surface area contributed by atoms with E-state index in [9.17, 15) is 16.8 Å². The van der Waals surface area contributed by atoms with Gasteiger partial charge < -0.3 is 9.47 Å². The summed E-state index contributed by atoms with van der Waals surface area (Å²) in [5, 5.41) is 0.453. The molecule has 0 amide bonds. The first kappa shape index (κ1) is 42.3. The standard InChI is InChI=1S/C40H48Cl2N4O6S2Si2/c1-53(47,48)39-43-37-33(21-29(41)23-35(37)45(39)25-51-16-18-55(3,4)5)31-15-14-28(27-12-10-9-11-13-27)20-32(31)34-22-30(42)24-36-38(34)44-40(54(2,49)50)46(36)26-52-17-19-56(6,7)8/h9-15,20-24H,16-19,25-26H2,1-8H3. The van der Waals surface area contributed by atoms with Crippen molar-refractivity contribution in [2.24, 2.45) is 0 Å². The van der Waals surface area contributed by atoms with Crippen molar-refractivity contribution in [2.45, 2.75) is 75.1 Å². The molecular weight excluding hydrogens is 824 g/mol. The van der Waals surface area contributed by atoms with Crippen molar-refractivity contribution in [2.75, 3.05) is 25.7 Å². The Hall–Kier alpha value is -3.35. The van der Waals surface area contributed by atoms with E-state index in [-0.39, 0.29) is 23.8 Å². The van der Waals surface area contributed by atoms with Gasteiger partial charge in [-0.05, 0) is 64.7 Å². The van der Waals surface area contributed by atoms with Gasteiger partial charge >= 0.3 is 0 Å². The molecule has 10 nitrogen and oxygen atoms in total. The molecule has 6 rings (SSSR count). The van der Waals surface area contributed by atoms with Gasteiger partial charge in [-0.25, -0.2) is 26.8 Å². The largest absolute Gasteiger partial charge is 0.361 e. The fraction of sp³-hybridized carbons (Fsp3) is 0.350. The van der Waals surface area contributed by atoms with Crippen LogP contribution in [0.15, 0.2) is 83.1 Å². The smallest absolute Gasteiger partial charge is 0.230 e. The number of hydrogen-bond donors (Lipinski definition) is 0. The molecule has 56 heavy (non-hydrogen) atoms. The van der Waals surface area contributed by atoms with Crippen molar-refractivity contribution in [1.82, 2.24) is 19.1 Å². The topological polar surface area (TPSA) is 122 Å². The number of sulfone groups is 2. The third-order valence-electron chi connectivity index (χ3n) is 9.37. The summed E-state index contributed by atoms with van der Waals surface area (Å²) < 4.78 is 68.3. The van der Waals surface area contributed by atoms with Crippen molar-refractivity contribution in [1.29, 1.82) is 0 Å². The molecule has 2 heterocycles. The first-order valence-corrected chi connectivity index (χ1v) is 30.2. The van der Waals surface area contributed by atoms with E-state index < -0.39 is 35.8 Å². The van der Waals surface area contributed by atoms with Crippen molar-refractivity contribution in [3.63, 3.8) is 0 Å². The van der Waals surface area contributed by atoms with Crippen molar-refractivity contribution in [3.05, 3.63) is 82.8 Å². The third kappa shape index (κ3) is 9.67. The molecule has 0 radical (unpaired) electrons. The van der Waals surface area contributed by atoms with E-state index in [1.165, 1.54) is 0 Å².